The van der Waals surface area contributed by atoms with Gasteiger partial charge >= 0.3 is 0 Å². The van der Waals surface area contributed by atoms with Gasteiger partial charge in [-0.25, -0.2) is 0 Å². The summed E-state index contributed by atoms with van der Waals surface area (Å²) in [5.74, 6) is 0.889. The SMILES string of the molecule is Cc1ccccc1OCC[NH]. The van der Waals surface area contributed by atoms with Gasteiger partial charge in [0.1, 0.15) is 12.4 Å². The molecule has 1 N–H and O–H groups in total. The molecule has 11 heavy (non-hydrogen) atoms. The van der Waals surface area contributed by atoms with Crippen LogP contribution in [0.15, 0.2) is 24.3 Å². The Kier molecular flexibility index (Phi) is 2.93. The molecule has 0 aliphatic carbocycles. The van der Waals surface area contributed by atoms with E-state index in [2.05, 4.69) is 0 Å². The molecule has 1 rings (SSSR count). The molecule has 0 saturated carbocycles. The van der Waals surface area contributed by atoms with Crippen LogP contribution in [-0.2, 0) is 0 Å². The minimum Gasteiger partial charge on any atom is -0.492 e. The van der Waals surface area contributed by atoms with Crippen LogP contribution in [0.3, 0.4) is 0 Å². The molecule has 0 aliphatic heterocycles. The van der Waals surface area contributed by atoms with Gasteiger partial charge in [0.2, 0.25) is 0 Å². The zero-order valence-corrected chi connectivity index (χ0v) is 6.63. The van der Waals surface area contributed by atoms with Crippen molar-refractivity contribution >= 4 is 0 Å². The van der Waals surface area contributed by atoms with Gasteiger partial charge in [0, 0.05) is 6.54 Å². The summed E-state index contributed by atoms with van der Waals surface area (Å²) >= 11 is 0. The highest BCUT2D eigenvalue weighted by Gasteiger charge is 1.94. The first-order chi connectivity index (χ1) is 5.34. The quantitative estimate of drug-likeness (QED) is 0.645. The standard InChI is InChI=1S/C9H12NO/c1-8-4-2-3-5-9(8)11-7-6-10/h2-5,10H,6-7H2,1H3. The summed E-state index contributed by atoms with van der Waals surface area (Å²) in [4.78, 5) is 0. The maximum absolute atomic E-state index is 6.90. The lowest BCUT2D eigenvalue weighted by Gasteiger charge is -2.05. The second-order valence-corrected chi connectivity index (χ2v) is 2.36. The van der Waals surface area contributed by atoms with Crippen molar-refractivity contribution in [3.63, 3.8) is 0 Å². The molecule has 0 bridgehead atoms. The monoisotopic (exact) mass is 150 g/mol. The highest BCUT2D eigenvalue weighted by molar-refractivity contribution is 5.31. The van der Waals surface area contributed by atoms with Crippen molar-refractivity contribution in [3.05, 3.63) is 29.8 Å². The Hall–Kier alpha value is -1.02. The first kappa shape index (κ1) is 8.08. The molecule has 0 aromatic heterocycles. The number of para-hydroxylation sites is 1. The molecule has 0 heterocycles. The average molecular weight is 150 g/mol. The maximum Gasteiger partial charge on any atom is 0.122 e. The summed E-state index contributed by atoms with van der Waals surface area (Å²) in [6.07, 6.45) is 0. The average Bonchev–Trinajstić information content (AvgIpc) is 2.03. The summed E-state index contributed by atoms with van der Waals surface area (Å²) in [5, 5.41) is 0. The van der Waals surface area contributed by atoms with Gasteiger partial charge in [-0.3, -0.25) is 5.73 Å². The van der Waals surface area contributed by atoms with Crippen LogP contribution in [0.2, 0.25) is 0 Å². The number of hydrogen-bond acceptors (Lipinski definition) is 1. The van der Waals surface area contributed by atoms with E-state index in [4.69, 9.17) is 10.5 Å². The van der Waals surface area contributed by atoms with Crippen molar-refractivity contribution in [2.24, 2.45) is 0 Å². The molecule has 1 radical (unpaired) electrons. The van der Waals surface area contributed by atoms with Crippen LogP contribution in [0.5, 0.6) is 5.75 Å². The highest BCUT2D eigenvalue weighted by Crippen LogP contribution is 2.15. The zero-order chi connectivity index (χ0) is 8.10. The third kappa shape index (κ3) is 2.24. The molecule has 0 amide bonds. The van der Waals surface area contributed by atoms with E-state index >= 15 is 0 Å². The predicted octanol–water partition coefficient (Wildman–Crippen LogP) is 1.66. The van der Waals surface area contributed by atoms with Crippen LogP contribution in [0.25, 0.3) is 0 Å². The number of aryl methyl sites for hydroxylation is 1. The van der Waals surface area contributed by atoms with E-state index in [1.54, 1.807) is 0 Å². The third-order valence-electron chi connectivity index (χ3n) is 1.45. The number of benzene rings is 1. The van der Waals surface area contributed by atoms with Crippen LogP contribution >= 0.6 is 0 Å². The fourth-order valence-corrected chi connectivity index (χ4v) is 0.879. The topological polar surface area (TPSA) is 33.0 Å². The number of nitrogens with one attached hydrogen (secondary N) is 1. The molecular weight excluding hydrogens is 138 g/mol. The van der Waals surface area contributed by atoms with E-state index in [1.807, 2.05) is 31.2 Å². The minimum atomic E-state index is 0.314. The largest absolute Gasteiger partial charge is 0.492 e. The van der Waals surface area contributed by atoms with Crippen molar-refractivity contribution in [1.29, 1.82) is 0 Å². The van der Waals surface area contributed by atoms with Gasteiger partial charge in [-0.05, 0) is 18.6 Å². The fourth-order valence-electron chi connectivity index (χ4n) is 0.879. The number of ether oxygens (including phenoxy) is 1. The minimum absolute atomic E-state index is 0.314. The lowest BCUT2D eigenvalue weighted by molar-refractivity contribution is 0.324. The van der Waals surface area contributed by atoms with Gasteiger partial charge in [0.15, 0.2) is 0 Å². The fraction of sp³-hybridized carbons (Fsp3) is 0.333. The Labute approximate surface area is 67.0 Å². The predicted molar refractivity (Wildman–Crippen MR) is 44.6 cm³/mol. The molecule has 2 heteroatoms. The van der Waals surface area contributed by atoms with Crippen molar-refractivity contribution in [2.75, 3.05) is 13.2 Å². The summed E-state index contributed by atoms with van der Waals surface area (Å²) in [6, 6.07) is 7.83. The highest BCUT2D eigenvalue weighted by atomic mass is 16.5. The van der Waals surface area contributed by atoms with Gasteiger partial charge in [-0.1, -0.05) is 18.2 Å². The Morgan fingerprint density at radius 1 is 1.36 bits per heavy atom. The van der Waals surface area contributed by atoms with E-state index in [-0.39, 0.29) is 0 Å². The molecule has 1 aromatic carbocycles. The molecule has 0 unspecified atom stereocenters. The van der Waals surface area contributed by atoms with Crippen molar-refractivity contribution in [1.82, 2.24) is 5.73 Å². The molecule has 59 valence electrons. The van der Waals surface area contributed by atoms with Crippen LogP contribution in [-0.4, -0.2) is 13.2 Å². The van der Waals surface area contributed by atoms with Crippen LogP contribution in [0.4, 0.5) is 0 Å². The second-order valence-electron chi connectivity index (χ2n) is 2.36. The molecule has 0 fully saturated rings. The summed E-state index contributed by atoms with van der Waals surface area (Å²) in [7, 11) is 0. The molecule has 0 aliphatic rings. The Morgan fingerprint density at radius 3 is 2.73 bits per heavy atom. The molecule has 1 aromatic rings. The Morgan fingerprint density at radius 2 is 2.09 bits per heavy atom. The first-order valence-corrected chi connectivity index (χ1v) is 3.67. The summed E-state index contributed by atoms with van der Waals surface area (Å²) in [5.41, 5.74) is 8.02. The molecule has 0 atom stereocenters. The van der Waals surface area contributed by atoms with Crippen molar-refractivity contribution < 1.29 is 4.74 Å². The lowest BCUT2D eigenvalue weighted by atomic mass is 10.2. The van der Waals surface area contributed by atoms with Crippen molar-refractivity contribution in [2.45, 2.75) is 6.92 Å². The van der Waals surface area contributed by atoms with Gasteiger partial charge in [-0.2, -0.15) is 0 Å². The molecule has 2 nitrogen and oxygen atoms in total. The molecule has 0 spiro atoms. The normalized spacial score (nSPS) is 9.64. The Balaban J connectivity index is 2.62. The van der Waals surface area contributed by atoms with E-state index < -0.39 is 0 Å². The van der Waals surface area contributed by atoms with E-state index in [1.165, 1.54) is 0 Å². The van der Waals surface area contributed by atoms with Crippen LogP contribution < -0.4 is 10.5 Å². The summed E-state index contributed by atoms with van der Waals surface area (Å²) in [6.45, 7) is 2.79. The maximum atomic E-state index is 6.90. The van der Waals surface area contributed by atoms with Crippen molar-refractivity contribution in [3.8, 4) is 5.75 Å². The van der Waals surface area contributed by atoms with E-state index in [0.717, 1.165) is 11.3 Å². The molecule has 0 saturated heterocycles. The third-order valence-corrected chi connectivity index (χ3v) is 1.45. The van der Waals surface area contributed by atoms with E-state index in [0.29, 0.717) is 13.2 Å². The van der Waals surface area contributed by atoms with E-state index in [9.17, 15) is 0 Å². The zero-order valence-electron chi connectivity index (χ0n) is 6.63. The Bertz CT molecular complexity index is 223. The number of rotatable bonds is 3. The lowest BCUT2D eigenvalue weighted by Crippen LogP contribution is -2.03. The van der Waals surface area contributed by atoms with Gasteiger partial charge < -0.3 is 4.74 Å². The smallest absolute Gasteiger partial charge is 0.122 e. The van der Waals surface area contributed by atoms with Crippen LogP contribution in [0.1, 0.15) is 5.56 Å². The second kappa shape index (κ2) is 3.98. The van der Waals surface area contributed by atoms with Gasteiger partial charge in [0.05, 0.1) is 0 Å². The number of hydrogen-bond donors (Lipinski definition) is 0. The van der Waals surface area contributed by atoms with Gasteiger partial charge in [0.25, 0.3) is 0 Å². The molecular formula is C9H12NO. The van der Waals surface area contributed by atoms with Crippen LogP contribution in [0, 0.1) is 6.92 Å². The first-order valence-electron chi connectivity index (χ1n) is 3.67. The van der Waals surface area contributed by atoms with Gasteiger partial charge in [-0.15, -0.1) is 0 Å². The summed E-state index contributed by atoms with van der Waals surface area (Å²) < 4.78 is 5.30.